The molecule has 0 spiro atoms. The van der Waals surface area contributed by atoms with Crippen molar-refractivity contribution in [2.45, 2.75) is 25.9 Å². The van der Waals surface area contributed by atoms with Gasteiger partial charge in [0.1, 0.15) is 11.5 Å². The van der Waals surface area contributed by atoms with Gasteiger partial charge in [0.25, 0.3) is 5.91 Å². The van der Waals surface area contributed by atoms with Gasteiger partial charge >= 0.3 is 0 Å². The van der Waals surface area contributed by atoms with Crippen LogP contribution in [0.15, 0.2) is 41.2 Å². The minimum atomic E-state index is -0.0553. The van der Waals surface area contributed by atoms with Crippen molar-refractivity contribution in [3.05, 3.63) is 64.1 Å². The predicted octanol–water partition coefficient (Wildman–Crippen LogP) is 2.66. The number of aromatic nitrogens is 4. The minimum absolute atomic E-state index is 0.0185. The molecule has 2 aromatic heterocycles. The highest BCUT2D eigenvalue weighted by Crippen LogP contribution is 2.25. The lowest BCUT2D eigenvalue weighted by Gasteiger charge is -2.29. The van der Waals surface area contributed by atoms with Crippen LogP contribution >= 0.6 is 11.3 Å². The van der Waals surface area contributed by atoms with Gasteiger partial charge in [-0.25, -0.2) is 9.97 Å². The third kappa shape index (κ3) is 4.06. The van der Waals surface area contributed by atoms with Gasteiger partial charge in [0.05, 0.1) is 11.6 Å². The molecule has 0 aliphatic carbocycles. The summed E-state index contributed by atoms with van der Waals surface area (Å²) < 4.78 is 0. The number of hydrogen-bond acceptors (Lipinski definition) is 6. The number of carbonyl (C=O) groups excluding carboxylic acids is 1. The van der Waals surface area contributed by atoms with E-state index in [-0.39, 0.29) is 11.9 Å². The van der Waals surface area contributed by atoms with E-state index < -0.39 is 0 Å². The summed E-state index contributed by atoms with van der Waals surface area (Å²) in [5.41, 5.74) is 3.46. The van der Waals surface area contributed by atoms with Gasteiger partial charge in [0.15, 0.2) is 5.82 Å². The van der Waals surface area contributed by atoms with Crippen LogP contribution in [-0.4, -0.2) is 55.5 Å². The van der Waals surface area contributed by atoms with Crippen LogP contribution in [0.2, 0.25) is 0 Å². The van der Waals surface area contributed by atoms with Gasteiger partial charge in [0.2, 0.25) is 0 Å². The van der Waals surface area contributed by atoms with E-state index in [1.165, 1.54) is 16.9 Å². The number of thiazole rings is 1. The highest BCUT2D eigenvalue weighted by Gasteiger charge is 2.32. The zero-order valence-corrected chi connectivity index (χ0v) is 16.0. The summed E-state index contributed by atoms with van der Waals surface area (Å²) in [6, 6.07) is 10.3. The number of amides is 1. The molecule has 1 aliphatic rings. The lowest BCUT2D eigenvalue weighted by atomic mass is 10.1. The van der Waals surface area contributed by atoms with Crippen LogP contribution in [0.5, 0.6) is 0 Å². The van der Waals surface area contributed by atoms with E-state index in [4.69, 9.17) is 0 Å². The molecular formula is C19H22N6OS. The molecule has 1 fully saturated rings. The Kier molecular flexibility index (Phi) is 5.26. The number of carbonyl (C=O) groups is 1. The fraction of sp³-hybridized carbons (Fsp3) is 0.368. The molecule has 1 unspecified atom stereocenters. The fourth-order valence-electron chi connectivity index (χ4n) is 3.46. The van der Waals surface area contributed by atoms with E-state index >= 15 is 0 Å². The maximum atomic E-state index is 12.9. The third-order valence-corrected chi connectivity index (χ3v) is 5.37. The molecule has 4 rings (SSSR count). The molecule has 1 aromatic carbocycles. The molecule has 0 saturated carbocycles. The number of aromatic amines is 1. The van der Waals surface area contributed by atoms with E-state index in [1.54, 1.807) is 10.9 Å². The van der Waals surface area contributed by atoms with Gasteiger partial charge in [-0.1, -0.05) is 30.3 Å². The molecular weight excluding hydrogens is 360 g/mol. The Hall–Kier alpha value is -2.58. The van der Waals surface area contributed by atoms with Gasteiger partial charge in [0, 0.05) is 31.6 Å². The Morgan fingerprint density at radius 3 is 2.85 bits per heavy atom. The SMILES string of the molecule is Cc1nc(C2CN(C(=O)c3cscn3)CCCN2Cc2ccccc2)n[nH]1. The summed E-state index contributed by atoms with van der Waals surface area (Å²) in [5.74, 6) is 1.50. The first kappa shape index (κ1) is 17.8. The van der Waals surface area contributed by atoms with E-state index in [1.807, 2.05) is 17.9 Å². The average Bonchev–Trinajstić information content (AvgIpc) is 3.32. The summed E-state index contributed by atoms with van der Waals surface area (Å²) in [4.78, 5) is 25.9. The number of aryl methyl sites for hydroxylation is 1. The second-order valence-corrected chi connectivity index (χ2v) is 7.45. The second kappa shape index (κ2) is 7.98. The summed E-state index contributed by atoms with van der Waals surface area (Å²) in [6.45, 7) is 4.85. The van der Waals surface area contributed by atoms with Crippen LogP contribution in [0.25, 0.3) is 0 Å². The van der Waals surface area contributed by atoms with Crippen molar-refractivity contribution in [2.24, 2.45) is 0 Å². The lowest BCUT2D eigenvalue weighted by molar-refractivity contribution is 0.0721. The summed E-state index contributed by atoms with van der Waals surface area (Å²) in [5, 5.41) is 9.15. The van der Waals surface area contributed by atoms with Crippen molar-refractivity contribution in [3.8, 4) is 0 Å². The third-order valence-electron chi connectivity index (χ3n) is 4.79. The van der Waals surface area contributed by atoms with Gasteiger partial charge in [-0.2, -0.15) is 5.10 Å². The van der Waals surface area contributed by atoms with Crippen LogP contribution in [0, 0.1) is 6.92 Å². The molecule has 1 N–H and O–H groups in total. The molecule has 0 radical (unpaired) electrons. The number of benzene rings is 1. The Morgan fingerprint density at radius 2 is 2.15 bits per heavy atom. The largest absolute Gasteiger partial charge is 0.335 e. The van der Waals surface area contributed by atoms with Gasteiger partial charge in [-0.3, -0.25) is 14.8 Å². The van der Waals surface area contributed by atoms with Crippen LogP contribution in [0.1, 0.15) is 40.2 Å². The first-order valence-corrected chi connectivity index (χ1v) is 9.99. The molecule has 8 heteroatoms. The van der Waals surface area contributed by atoms with Crippen molar-refractivity contribution in [3.63, 3.8) is 0 Å². The van der Waals surface area contributed by atoms with Crippen molar-refractivity contribution in [2.75, 3.05) is 19.6 Å². The monoisotopic (exact) mass is 382 g/mol. The van der Waals surface area contributed by atoms with E-state index in [0.717, 1.165) is 31.2 Å². The molecule has 3 aromatic rings. The zero-order valence-electron chi connectivity index (χ0n) is 15.2. The van der Waals surface area contributed by atoms with Crippen molar-refractivity contribution >= 4 is 17.2 Å². The summed E-state index contributed by atoms with van der Waals surface area (Å²) in [6.07, 6.45) is 0.905. The van der Waals surface area contributed by atoms with Crippen LogP contribution in [0.3, 0.4) is 0 Å². The first-order valence-electron chi connectivity index (χ1n) is 9.05. The summed E-state index contributed by atoms with van der Waals surface area (Å²) >= 11 is 1.44. The average molecular weight is 382 g/mol. The molecule has 1 saturated heterocycles. The highest BCUT2D eigenvalue weighted by molar-refractivity contribution is 7.07. The van der Waals surface area contributed by atoms with E-state index in [2.05, 4.69) is 49.3 Å². The highest BCUT2D eigenvalue weighted by atomic mass is 32.1. The molecule has 140 valence electrons. The smallest absolute Gasteiger partial charge is 0.273 e. The molecule has 7 nitrogen and oxygen atoms in total. The number of nitrogens with zero attached hydrogens (tertiary/aromatic N) is 5. The Bertz CT molecular complexity index is 879. The van der Waals surface area contributed by atoms with Crippen molar-refractivity contribution < 1.29 is 4.79 Å². The van der Waals surface area contributed by atoms with Crippen molar-refractivity contribution in [1.29, 1.82) is 0 Å². The fourth-order valence-corrected chi connectivity index (χ4v) is 3.99. The standard InChI is InChI=1S/C19H22N6OS/c1-14-21-18(23-22-14)17-11-25(19(26)16-12-27-13-20-16)9-5-8-24(17)10-15-6-3-2-4-7-15/h2-4,6-7,12-13,17H,5,8-11H2,1H3,(H,21,22,23). The molecule has 27 heavy (non-hydrogen) atoms. The number of H-pyrrole nitrogens is 1. The van der Waals surface area contributed by atoms with Gasteiger partial charge < -0.3 is 4.90 Å². The van der Waals surface area contributed by atoms with Gasteiger partial charge in [-0.05, 0) is 18.9 Å². The lowest BCUT2D eigenvalue weighted by Crippen LogP contribution is -2.38. The number of hydrogen-bond donors (Lipinski definition) is 1. The second-order valence-electron chi connectivity index (χ2n) is 6.73. The topological polar surface area (TPSA) is 78.0 Å². The Balaban J connectivity index is 1.60. The van der Waals surface area contributed by atoms with E-state index in [0.29, 0.717) is 18.8 Å². The van der Waals surface area contributed by atoms with Crippen LogP contribution in [0.4, 0.5) is 0 Å². The summed E-state index contributed by atoms with van der Waals surface area (Å²) in [7, 11) is 0. The maximum absolute atomic E-state index is 12.9. The molecule has 1 amide bonds. The molecule has 3 heterocycles. The van der Waals surface area contributed by atoms with Crippen molar-refractivity contribution in [1.82, 2.24) is 30.0 Å². The quantitative estimate of drug-likeness (QED) is 0.751. The van der Waals surface area contributed by atoms with Crippen LogP contribution < -0.4 is 0 Å². The normalized spacial score (nSPS) is 18.4. The molecule has 0 bridgehead atoms. The Morgan fingerprint density at radius 1 is 1.30 bits per heavy atom. The number of rotatable bonds is 4. The zero-order chi connectivity index (χ0) is 18.6. The van der Waals surface area contributed by atoms with Gasteiger partial charge in [-0.15, -0.1) is 11.3 Å². The van der Waals surface area contributed by atoms with E-state index in [9.17, 15) is 4.79 Å². The molecule has 1 atom stereocenters. The van der Waals surface area contributed by atoms with Crippen LogP contribution in [-0.2, 0) is 6.54 Å². The number of nitrogens with one attached hydrogen (secondary N) is 1. The predicted molar refractivity (Wildman–Crippen MR) is 103 cm³/mol. The minimum Gasteiger partial charge on any atom is -0.335 e. The maximum Gasteiger partial charge on any atom is 0.273 e. The molecule has 1 aliphatic heterocycles. The first-order chi connectivity index (χ1) is 13.2. The Labute approximate surface area is 162 Å².